The predicted molar refractivity (Wildman–Crippen MR) is 72.1 cm³/mol. The van der Waals surface area contributed by atoms with Gasteiger partial charge in [-0.25, -0.2) is 0 Å². The molecule has 0 bridgehead atoms. The van der Waals surface area contributed by atoms with Crippen LogP contribution in [0.2, 0.25) is 0 Å². The first kappa shape index (κ1) is 10.6. The quantitative estimate of drug-likeness (QED) is 0.722. The first-order chi connectivity index (χ1) is 8.38. The van der Waals surface area contributed by atoms with Crippen LogP contribution in [-0.4, -0.2) is 0 Å². The maximum absolute atomic E-state index is 2.30. The molecule has 86 valence electrons. The second-order valence-corrected chi connectivity index (χ2v) is 5.01. The first-order valence-electron chi connectivity index (χ1n) is 6.49. The average Bonchev–Trinajstić information content (AvgIpc) is 3.17. The van der Waals surface area contributed by atoms with Crippen molar-refractivity contribution in [3.8, 4) is 0 Å². The van der Waals surface area contributed by atoms with Crippen LogP contribution in [-0.2, 0) is 5.41 Å². The third-order valence-corrected chi connectivity index (χ3v) is 4.18. The minimum Gasteiger partial charge on any atom is -0.0651 e. The van der Waals surface area contributed by atoms with Crippen LogP contribution in [0, 0.1) is 5.92 Å². The van der Waals surface area contributed by atoms with Crippen molar-refractivity contribution >= 4 is 0 Å². The lowest BCUT2D eigenvalue weighted by atomic mass is 9.85. The van der Waals surface area contributed by atoms with Gasteiger partial charge in [0, 0.05) is 5.41 Å². The zero-order valence-corrected chi connectivity index (χ0v) is 10.3. The highest BCUT2D eigenvalue weighted by Gasteiger charge is 2.54. The molecule has 1 saturated carbocycles. The van der Waals surface area contributed by atoms with E-state index in [1.54, 1.807) is 0 Å². The molecule has 0 N–H and O–H groups in total. The van der Waals surface area contributed by atoms with E-state index in [1.165, 1.54) is 24.0 Å². The van der Waals surface area contributed by atoms with Crippen LogP contribution in [0.15, 0.2) is 60.7 Å². The van der Waals surface area contributed by atoms with Crippen LogP contribution >= 0.6 is 0 Å². The summed E-state index contributed by atoms with van der Waals surface area (Å²) in [6, 6.07) is 22.0. The van der Waals surface area contributed by atoms with E-state index in [9.17, 15) is 0 Å². The van der Waals surface area contributed by atoms with Crippen LogP contribution in [0.5, 0.6) is 0 Å². The SMILES string of the molecule is CC[C@@H]1CC1(c1ccccc1)c1ccccc1. The summed E-state index contributed by atoms with van der Waals surface area (Å²) in [6.45, 7) is 2.30. The molecule has 0 spiro atoms. The van der Waals surface area contributed by atoms with Gasteiger partial charge in [-0.3, -0.25) is 0 Å². The van der Waals surface area contributed by atoms with E-state index in [0.717, 1.165) is 5.92 Å². The normalized spacial score (nSPS) is 21.1. The van der Waals surface area contributed by atoms with Crippen LogP contribution < -0.4 is 0 Å². The Kier molecular flexibility index (Phi) is 2.51. The molecular weight excluding hydrogens is 204 g/mol. The maximum atomic E-state index is 2.30. The molecule has 0 aliphatic heterocycles. The maximum Gasteiger partial charge on any atom is 0.0234 e. The highest BCUT2D eigenvalue weighted by atomic mass is 14.6. The Balaban J connectivity index is 2.08. The predicted octanol–water partition coefficient (Wildman–Crippen LogP) is 4.40. The summed E-state index contributed by atoms with van der Waals surface area (Å²) in [6.07, 6.45) is 2.57. The second-order valence-electron chi connectivity index (χ2n) is 5.01. The lowest BCUT2D eigenvalue weighted by Crippen LogP contribution is -2.11. The van der Waals surface area contributed by atoms with E-state index in [0.29, 0.717) is 5.41 Å². The highest BCUT2D eigenvalue weighted by Crippen LogP contribution is 2.60. The van der Waals surface area contributed by atoms with Crippen molar-refractivity contribution < 1.29 is 0 Å². The van der Waals surface area contributed by atoms with E-state index in [4.69, 9.17) is 0 Å². The van der Waals surface area contributed by atoms with Gasteiger partial charge < -0.3 is 0 Å². The molecule has 0 nitrogen and oxygen atoms in total. The number of rotatable bonds is 3. The largest absolute Gasteiger partial charge is 0.0651 e. The fourth-order valence-corrected chi connectivity index (χ4v) is 3.17. The van der Waals surface area contributed by atoms with E-state index in [-0.39, 0.29) is 0 Å². The Morgan fingerprint density at radius 3 is 1.71 bits per heavy atom. The molecule has 0 heterocycles. The molecule has 1 aliphatic rings. The molecule has 0 aromatic heterocycles. The summed E-state index contributed by atoms with van der Waals surface area (Å²) in [7, 11) is 0. The zero-order chi connectivity index (χ0) is 11.7. The Morgan fingerprint density at radius 1 is 0.882 bits per heavy atom. The Morgan fingerprint density at radius 2 is 1.35 bits per heavy atom. The van der Waals surface area contributed by atoms with Crippen molar-refractivity contribution in [1.29, 1.82) is 0 Å². The van der Waals surface area contributed by atoms with Gasteiger partial charge >= 0.3 is 0 Å². The van der Waals surface area contributed by atoms with Gasteiger partial charge in [0.2, 0.25) is 0 Å². The summed E-state index contributed by atoms with van der Waals surface area (Å²) >= 11 is 0. The van der Waals surface area contributed by atoms with E-state index >= 15 is 0 Å². The second kappa shape index (κ2) is 4.03. The van der Waals surface area contributed by atoms with Crippen LogP contribution in [0.25, 0.3) is 0 Å². The van der Waals surface area contributed by atoms with Gasteiger partial charge in [-0.1, -0.05) is 74.0 Å². The van der Waals surface area contributed by atoms with Gasteiger partial charge in [-0.2, -0.15) is 0 Å². The topological polar surface area (TPSA) is 0 Å². The van der Waals surface area contributed by atoms with Gasteiger partial charge in [0.15, 0.2) is 0 Å². The van der Waals surface area contributed by atoms with Crippen molar-refractivity contribution in [2.75, 3.05) is 0 Å². The average molecular weight is 222 g/mol. The Bertz CT molecular complexity index is 444. The van der Waals surface area contributed by atoms with Gasteiger partial charge in [0.25, 0.3) is 0 Å². The minimum atomic E-state index is 0.303. The first-order valence-corrected chi connectivity index (χ1v) is 6.49. The minimum absolute atomic E-state index is 0.303. The molecule has 0 saturated heterocycles. The third-order valence-electron chi connectivity index (χ3n) is 4.18. The van der Waals surface area contributed by atoms with Gasteiger partial charge in [0.05, 0.1) is 0 Å². The van der Waals surface area contributed by atoms with Crippen molar-refractivity contribution in [3.05, 3.63) is 71.8 Å². The van der Waals surface area contributed by atoms with Crippen molar-refractivity contribution in [3.63, 3.8) is 0 Å². The van der Waals surface area contributed by atoms with Crippen LogP contribution in [0.4, 0.5) is 0 Å². The van der Waals surface area contributed by atoms with Crippen molar-refractivity contribution in [2.24, 2.45) is 5.92 Å². The van der Waals surface area contributed by atoms with Crippen molar-refractivity contribution in [1.82, 2.24) is 0 Å². The summed E-state index contributed by atoms with van der Waals surface area (Å²) < 4.78 is 0. The fraction of sp³-hybridized carbons (Fsp3) is 0.294. The number of benzene rings is 2. The smallest absolute Gasteiger partial charge is 0.0234 e. The molecular formula is C17H18. The molecule has 0 heteroatoms. The molecule has 0 radical (unpaired) electrons. The van der Waals surface area contributed by atoms with E-state index in [1.807, 2.05) is 0 Å². The van der Waals surface area contributed by atoms with Gasteiger partial charge in [-0.15, -0.1) is 0 Å². The van der Waals surface area contributed by atoms with Crippen LogP contribution in [0.1, 0.15) is 30.9 Å². The molecule has 2 aromatic carbocycles. The van der Waals surface area contributed by atoms with Crippen molar-refractivity contribution in [2.45, 2.75) is 25.2 Å². The summed E-state index contributed by atoms with van der Waals surface area (Å²) in [5, 5.41) is 0. The fourth-order valence-electron chi connectivity index (χ4n) is 3.17. The highest BCUT2D eigenvalue weighted by molar-refractivity contribution is 5.46. The summed E-state index contributed by atoms with van der Waals surface area (Å²) in [5.74, 6) is 0.812. The van der Waals surface area contributed by atoms with E-state index < -0.39 is 0 Å². The molecule has 0 amide bonds. The van der Waals surface area contributed by atoms with Crippen LogP contribution in [0.3, 0.4) is 0 Å². The molecule has 3 rings (SSSR count). The Labute approximate surface area is 103 Å². The molecule has 1 atom stereocenters. The molecule has 1 fully saturated rings. The standard InChI is InChI=1S/C17H18/c1-2-14-13-17(14,15-9-5-3-6-10-15)16-11-7-4-8-12-16/h3-12,14H,2,13H2,1H3/t14-/m1/s1. The third kappa shape index (κ3) is 1.59. The number of hydrogen-bond donors (Lipinski definition) is 0. The molecule has 1 aliphatic carbocycles. The summed E-state index contributed by atoms with van der Waals surface area (Å²) in [5.41, 5.74) is 3.27. The molecule has 17 heavy (non-hydrogen) atoms. The monoisotopic (exact) mass is 222 g/mol. The Hall–Kier alpha value is -1.56. The van der Waals surface area contributed by atoms with Gasteiger partial charge in [0.1, 0.15) is 0 Å². The van der Waals surface area contributed by atoms with Gasteiger partial charge in [-0.05, 0) is 23.5 Å². The molecule has 2 aromatic rings. The summed E-state index contributed by atoms with van der Waals surface area (Å²) in [4.78, 5) is 0. The molecule has 0 unspecified atom stereocenters. The zero-order valence-electron chi connectivity index (χ0n) is 10.3. The van der Waals surface area contributed by atoms with E-state index in [2.05, 4.69) is 67.6 Å². The lowest BCUT2D eigenvalue weighted by molar-refractivity contribution is 0.675. The lowest BCUT2D eigenvalue weighted by Gasteiger charge is -2.18. The number of hydrogen-bond acceptors (Lipinski definition) is 0.